The zero-order valence-corrected chi connectivity index (χ0v) is 15.8. The number of nitrogens with one attached hydrogen (secondary N) is 2. The molecule has 0 saturated heterocycles. The Bertz CT molecular complexity index is 941. The average Bonchev–Trinajstić information content (AvgIpc) is 2.68. The highest BCUT2D eigenvalue weighted by Gasteiger charge is 2.12. The van der Waals surface area contributed by atoms with Gasteiger partial charge in [-0.1, -0.05) is 31.2 Å². The second-order valence-corrected chi connectivity index (χ2v) is 6.32. The van der Waals surface area contributed by atoms with Crippen LogP contribution >= 0.6 is 0 Å². The molecule has 2 heterocycles. The van der Waals surface area contributed by atoms with Crippen LogP contribution in [0.2, 0.25) is 0 Å². The van der Waals surface area contributed by atoms with Crippen molar-refractivity contribution in [1.29, 1.82) is 0 Å². The number of benzene rings is 1. The Labute approximate surface area is 159 Å². The standard InChI is InChI=1S/C21H23N5O/c1-4-17-9-5-7-14(2)20(17)26-19-11-18(24-15(3)25-19)21(27)23-13-16-8-6-10-22-12-16/h5-12H,4,13H2,1-3H3,(H,23,27)(H,24,25,26). The molecule has 0 bridgehead atoms. The summed E-state index contributed by atoms with van der Waals surface area (Å²) in [7, 11) is 0. The maximum atomic E-state index is 12.5. The highest BCUT2D eigenvalue weighted by molar-refractivity contribution is 5.93. The van der Waals surface area contributed by atoms with Crippen LogP contribution < -0.4 is 10.6 Å². The summed E-state index contributed by atoms with van der Waals surface area (Å²) in [5.74, 6) is 0.907. The lowest BCUT2D eigenvalue weighted by Crippen LogP contribution is -2.24. The van der Waals surface area contributed by atoms with Crippen LogP contribution in [0, 0.1) is 13.8 Å². The number of anilines is 2. The van der Waals surface area contributed by atoms with Gasteiger partial charge in [-0.15, -0.1) is 0 Å². The molecule has 138 valence electrons. The maximum absolute atomic E-state index is 12.5. The van der Waals surface area contributed by atoms with E-state index in [1.54, 1.807) is 25.4 Å². The number of carbonyl (C=O) groups excluding carboxylic acids is 1. The summed E-state index contributed by atoms with van der Waals surface area (Å²) < 4.78 is 0. The van der Waals surface area contributed by atoms with Crippen molar-refractivity contribution in [1.82, 2.24) is 20.3 Å². The van der Waals surface area contributed by atoms with Crippen molar-refractivity contribution in [3.05, 3.63) is 77.0 Å². The lowest BCUT2D eigenvalue weighted by molar-refractivity contribution is 0.0945. The third-order valence-corrected chi connectivity index (χ3v) is 4.24. The minimum absolute atomic E-state index is 0.243. The minimum Gasteiger partial charge on any atom is -0.347 e. The van der Waals surface area contributed by atoms with Crippen molar-refractivity contribution in [2.45, 2.75) is 33.7 Å². The van der Waals surface area contributed by atoms with Crippen LogP contribution in [0.4, 0.5) is 11.5 Å². The van der Waals surface area contributed by atoms with Gasteiger partial charge in [0, 0.05) is 30.7 Å². The topological polar surface area (TPSA) is 79.8 Å². The van der Waals surface area contributed by atoms with Crippen LogP contribution in [0.3, 0.4) is 0 Å². The first-order valence-electron chi connectivity index (χ1n) is 8.95. The SMILES string of the molecule is CCc1cccc(C)c1Nc1cc(C(=O)NCc2cccnc2)nc(C)n1. The fourth-order valence-corrected chi connectivity index (χ4v) is 2.85. The molecule has 0 spiro atoms. The second kappa shape index (κ2) is 8.40. The summed E-state index contributed by atoms with van der Waals surface area (Å²) in [6, 6.07) is 11.6. The number of nitrogens with zero attached hydrogens (tertiary/aromatic N) is 3. The number of hydrogen-bond donors (Lipinski definition) is 2. The Balaban J connectivity index is 1.79. The van der Waals surface area contributed by atoms with E-state index in [4.69, 9.17) is 0 Å². The summed E-state index contributed by atoms with van der Waals surface area (Å²) in [6.45, 7) is 6.34. The third kappa shape index (κ3) is 4.67. The molecular weight excluding hydrogens is 338 g/mol. The quantitative estimate of drug-likeness (QED) is 0.699. The van der Waals surface area contributed by atoms with Gasteiger partial charge in [0.2, 0.25) is 0 Å². The Morgan fingerprint density at radius 2 is 1.96 bits per heavy atom. The number of carbonyl (C=O) groups is 1. The number of aromatic nitrogens is 3. The summed E-state index contributed by atoms with van der Waals surface area (Å²) in [6.07, 6.45) is 4.34. The molecule has 0 aliphatic carbocycles. The first-order valence-corrected chi connectivity index (χ1v) is 8.95. The average molecular weight is 361 g/mol. The zero-order chi connectivity index (χ0) is 19.2. The zero-order valence-electron chi connectivity index (χ0n) is 15.8. The van der Waals surface area contributed by atoms with Crippen LogP contribution in [0.25, 0.3) is 0 Å². The minimum atomic E-state index is -0.243. The van der Waals surface area contributed by atoms with Crippen molar-refractivity contribution in [3.8, 4) is 0 Å². The van der Waals surface area contributed by atoms with Gasteiger partial charge >= 0.3 is 0 Å². The van der Waals surface area contributed by atoms with Gasteiger partial charge in [0.1, 0.15) is 17.3 Å². The van der Waals surface area contributed by atoms with E-state index in [0.717, 1.165) is 23.2 Å². The molecule has 0 unspecified atom stereocenters. The fourth-order valence-electron chi connectivity index (χ4n) is 2.85. The molecule has 3 aromatic rings. The van der Waals surface area contributed by atoms with Crippen molar-refractivity contribution >= 4 is 17.4 Å². The van der Waals surface area contributed by atoms with Gasteiger partial charge in [0.15, 0.2) is 0 Å². The Morgan fingerprint density at radius 1 is 1.11 bits per heavy atom. The number of pyridine rings is 1. The lowest BCUT2D eigenvalue weighted by atomic mass is 10.1. The Hall–Kier alpha value is -3.28. The number of amides is 1. The molecule has 6 nitrogen and oxygen atoms in total. The molecule has 0 aliphatic heterocycles. The molecule has 3 rings (SSSR count). The van der Waals surface area contributed by atoms with E-state index >= 15 is 0 Å². The monoisotopic (exact) mass is 361 g/mol. The molecule has 0 fully saturated rings. The van der Waals surface area contributed by atoms with Gasteiger partial charge in [0.25, 0.3) is 5.91 Å². The second-order valence-electron chi connectivity index (χ2n) is 6.32. The molecule has 2 N–H and O–H groups in total. The van der Waals surface area contributed by atoms with E-state index in [0.29, 0.717) is 23.9 Å². The Kier molecular flexibility index (Phi) is 5.76. The van der Waals surface area contributed by atoms with E-state index in [-0.39, 0.29) is 5.91 Å². The lowest BCUT2D eigenvalue weighted by Gasteiger charge is -2.14. The van der Waals surface area contributed by atoms with Gasteiger partial charge in [-0.05, 0) is 43.0 Å². The molecular formula is C21H23N5O. The molecule has 1 amide bonds. The van der Waals surface area contributed by atoms with Crippen LogP contribution in [-0.2, 0) is 13.0 Å². The van der Waals surface area contributed by atoms with E-state index in [1.165, 1.54) is 5.56 Å². The third-order valence-electron chi connectivity index (χ3n) is 4.24. The molecule has 2 aromatic heterocycles. The summed E-state index contributed by atoms with van der Waals surface area (Å²) in [5, 5.41) is 6.23. The van der Waals surface area contributed by atoms with Crippen LogP contribution in [0.1, 0.15) is 39.9 Å². The first-order chi connectivity index (χ1) is 13.1. The fraction of sp³-hybridized carbons (Fsp3) is 0.238. The summed E-state index contributed by atoms with van der Waals surface area (Å²) in [4.78, 5) is 25.3. The number of rotatable bonds is 6. The van der Waals surface area contributed by atoms with E-state index in [1.807, 2.05) is 18.2 Å². The normalized spacial score (nSPS) is 10.5. The first kappa shape index (κ1) is 18.5. The van der Waals surface area contributed by atoms with E-state index in [2.05, 4.69) is 51.6 Å². The van der Waals surface area contributed by atoms with Gasteiger partial charge in [-0.2, -0.15) is 0 Å². The van der Waals surface area contributed by atoms with Gasteiger partial charge < -0.3 is 10.6 Å². The summed E-state index contributed by atoms with van der Waals surface area (Å²) in [5.41, 5.74) is 4.63. The molecule has 0 saturated carbocycles. The molecule has 0 atom stereocenters. The summed E-state index contributed by atoms with van der Waals surface area (Å²) >= 11 is 0. The predicted molar refractivity (Wildman–Crippen MR) is 106 cm³/mol. The van der Waals surface area contributed by atoms with E-state index in [9.17, 15) is 4.79 Å². The molecule has 6 heteroatoms. The maximum Gasteiger partial charge on any atom is 0.270 e. The van der Waals surface area contributed by atoms with Gasteiger partial charge in [-0.25, -0.2) is 9.97 Å². The van der Waals surface area contributed by atoms with Gasteiger partial charge in [0.05, 0.1) is 0 Å². The number of aryl methyl sites for hydroxylation is 3. The van der Waals surface area contributed by atoms with Crippen molar-refractivity contribution in [3.63, 3.8) is 0 Å². The van der Waals surface area contributed by atoms with Crippen LogP contribution in [0.15, 0.2) is 48.8 Å². The Morgan fingerprint density at radius 3 is 2.70 bits per heavy atom. The number of para-hydroxylation sites is 1. The van der Waals surface area contributed by atoms with E-state index < -0.39 is 0 Å². The highest BCUT2D eigenvalue weighted by atomic mass is 16.1. The van der Waals surface area contributed by atoms with Crippen molar-refractivity contribution in [2.75, 3.05) is 5.32 Å². The van der Waals surface area contributed by atoms with Gasteiger partial charge in [-0.3, -0.25) is 9.78 Å². The molecule has 0 radical (unpaired) electrons. The largest absolute Gasteiger partial charge is 0.347 e. The molecule has 0 aliphatic rings. The molecule has 27 heavy (non-hydrogen) atoms. The highest BCUT2D eigenvalue weighted by Crippen LogP contribution is 2.24. The number of hydrogen-bond acceptors (Lipinski definition) is 5. The van der Waals surface area contributed by atoms with Crippen molar-refractivity contribution in [2.24, 2.45) is 0 Å². The van der Waals surface area contributed by atoms with Crippen molar-refractivity contribution < 1.29 is 4.79 Å². The van der Waals surface area contributed by atoms with Crippen LogP contribution in [-0.4, -0.2) is 20.9 Å². The molecule has 1 aromatic carbocycles. The van der Waals surface area contributed by atoms with Crippen LogP contribution in [0.5, 0.6) is 0 Å². The predicted octanol–water partition coefficient (Wildman–Crippen LogP) is 3.72. The smallest absolute Gasteiger partial charge is 0.270 e.